The van der Waals surface area contributed by atoms with Gasteiger partial charge in [0.1, 0.15) is 4.83 Å². The molecule has 1 aromatic carbocycles. The van der Waals surface area contributed by atoms with Gasteiger partial charge in [0.2, 0.25) is 0 Å². The minimum absolute atomic E-state index is 0.0318. The SMILES string of the molecule is CCSc1nc2sc(-c3ccccc3)cc2c(=O)n1C. The van der Waals surface area contributed by atoms with Gasteiger partial charge in [-0.1, -0.05) is 49.0 Å². The van der Waals surface area contributed by atoms with Crippen LogP contribution < -0.4 is 5.56 Å². The van der Waals surface area contributed by atoms with Gasteiger partial charge in [0.25, 0.3) is 5.56 Å². The molecular formula is C15H14N2OS2. The molecule has 0 N–H and O–H groups in total. The Hall–Kier alpha value is -1.59. The number of rotatable bonds is 3. The van der Waals surface area contributed by atoms with Crippen molar-refractivity contribution in [2.75, 3.05) is 5.75 Å². The van der Waals surface area contributed by atoms with E-state index in [0.717, 1.165) is 26.2 Å². The number of thioether (sulfide) groups is 1. The second kappa shape index (κ2) is 5.42. The highest BCUT2D eigenvalue weighted by Gasteiger charge is 2.12. The summed E-state index contributed by atoms with van der Waals surface area (Å²) in [6, 6.07) is 12.1. The molecule has 0 amide bonds. The molecule has 0 radical (unpaired) electrons. The van der Waals surface area contributed by atoms with Gasteiger partial charge in [-0.15, -0.1) is 11.3 Å². The van der Waals surface area contributed by atoms with E-state index in [4.69, 9.17) is 0 Å². The third kappa shape index (κ3) is 2.27. The third-order valence-corrected chi connectivity index (χ3v) is 5.05. The highest BCUT2D eigenvalue weighted by molar-refractivity contribution is 7.99. The number of nitrogens with zero attached hydrogens (tertiary/aromatic N) is 2. The van der Waals surface area contributed by atoms with Crippen molar-refractivity contribution in [2.24, 2.45) is 7.05 Å². The van der Waals surface area contributed by atoms with Crippen molar-refractivity contribution in [3.8, 4) is 10.4 Å². The van der Waals surface area contributed by atoms with Crippen LogP contribution in [0.3, 0.4) is 0 Å². The lowest BCUT2D eigenvalue weighted by molar-refractivity contribution is 0.728. The summed E-state index contributed by atoms with van der Waals surface area (Å²) >= 11 is 3.17. The van der Waals surface area contributed by atoms with Gasteiger partial charge in [-0.3, -0.25) is 9.36 Å². The van der Waals surface area contributed by atoms with Crippen LogP contribution in [0.2, 0.25) is 0 Å². The van der Waals surface area contributed by atoms with Crippen LogP contribution in [0.4, 0.5) is 0 Å². The van der Waals surface area contributed by atoms with Crippen LogP contribution in [0.1, 0.15) is 6.92 Å². The number of aromatic nitrogens is 2. The largest absolute Gasteiger partial charge is 0.290 e. The average molecular weight is 302 g/mol. The summed E-state index contributed by atoms with van der Waals surface area (Å²) in [5, 5.41) is 1.49. The Labute approximate surface area is 125 Å². The maximum atomic E-state index is 12.4. The molecular weight excluding hydrogens is 288 g/mol. The fraction of sp³-hybridized carbons (Fsp3) is 0.200. The van der Waals surface area contributed by atoms with E-state index in [2.05, 4.69) is 24.0 Å². The number of thiophene rings is 1. The number of benzene rings is 1. The second-order valence-corrected chi connectivity index (χ2v) is 6.65. The Morgan fingerprint density at radius 1 is 1.30 bits per heavy atom. The molecule has 0 aliphatic heterocycles. The van der Waals surface area contributed by atoms with Gasteiger partial charge in [0.05, 0.1) is 5.39 Å². The molecule has 0 fully saturated rings. The van der Waals surface area contributed by atoms with Crippen molar-refractivity contribution in [3.63, 3.8) is 0 Å². The molecule has 20 heavy (non-hydrogen) atoms. The van der Waals surface area contributed by atoms with Gasteiger partial charge >= 0.3 is 0 Å². The fourth-order valence-corrected chi connectivity index (χ4v) is 3.83. The molecule has 2 heterocycles. The minimum Gasteiger partial charge on any atom is -0.290 e. The lowest BCUT2D eigenvalue weighted by atomic mass is 10.2. The first kappa shape index (κ1) is 13.4. The summed E-state index contributed by atoms with van der Waals surface area (Å²) in [6.45, 7) is 2.06. The Bertz CT molecular complexity index is 806. The fourth-order valence-electron chi connectivity index (χ4n) is 2.05. The van der Waals surface area contributed by atoms with Crippen molar-refractivity contribution in [1.82, 2.24) is 9.55 Å². The standard InChI is InChI=1S/C15H14N2OS2/c1-3-19-15-16-13-11(14(18)17(15)2)9-12(20-13)10-7-5-4-6-8-10/h4-9H,3H2,1-2H3. The third-order valence-electron chi connectivity index (χ3n) is 3.06. The van der Waals surface area contributed by atoms with Crippen molar-refractivity contribution in [3.05, 3.63) is 46.8 Å². The van der Waals surface area contributed by atoms with Gasteiger partial charge in [-0.05, 0) is 17.4 Å². The molecule has 0 unspecified atom stereocenters. The van der Waals surface area contributed by atoms with Crippen LogP contribution in [0, 0.1) is 0 Å². The van der Waals surface area contributed by atoms with Crippen molar-refractivity contribution < 1.29 is 0 Å². The summed E-state index contributed by atoms with van der Waals surface area (Å²) in [5.74, 6) is 0.905. The van der Waals surface area contributed by atoms with Crippen LogP contribution in [0.15, 0.2) is 46.3 Å². The maximum absolute atomic E-state index is 12.4. The van der Waals surface area contributed by atoms with Crippen molar-refractivity contribution in [1.29, 1.82) is 0 Å². The normalized spacial score (nSPS) is 11.1. The molecule has 3 aromatic rings. The average Bonchev–Trinajstić information content (AvgIpc) is 2.90. The molecule has 0 spiro atoms. The summed E-state index contributed by atoms with van der Waals surface area (Å²) in [7, 11) is 1.78. The quantitative estimate of drug-likeness (QED) is 0.545. The van der Waals surface area contributed by atoms with Gasteiger partial charge in [-0.2, -0.15) is 0 Å². The zero-order valence-electron chi connectivity index (χ0n) is 11.3. The lowest BCUT2D eigenvalue weighted by Crippen LogP contribution is -2.19. The summed E-state index contributed by atoms with van der Waals surface area (Å²) in [5.41, 5.74) is 1.16. The highest BCUT2D eigenvalue weighted by atomic mass is 32.2. The number of hydrogen-bond acceptors (Lipinski definition) is 4. The Kier molecular flexibility index (Phi) is 3.63. The number of fused-ring (bicyclic) bond motifs is 1. The van der Waals surface area contributed by atoms with E-state index in [9.17, 15) is 4.79 Å². The molecule has 0 bridgehead atoms. The highest BCUT2D eigenvalue weighted by Crippen LogP contribution is 2.31. The Morgan fingerprint density at radius 3 is 2.75 bits per heavy atom. The summed E-state index contributed by atoms with van der Waals surface area (Å²) in [4.78, 5) is 18.9. The van der Waals surface area contributed by atoms with E-state index >= 15 is 0 Å². The van der Waals surface area contributed by atoms with Crippen molar-refractivity contribution >= 4 is 33.3 Å². The molecule has 0 saturated heterocycles. The predicted octanol–water partition coefficient (Wildman–Crippen LogP) is 3.77. The lowest BCUT2D eigenvalue weighted by Gasteiger charge is -2.04. The molecule has 0 saturated carbocycles. The molecule has 5 heteroatoms. The van der Waals surface area contributed by atoms with Crippen molar-refractivity contribution in [2.45, 2.75) is 12.1 Å². The van der Waals surface area contributed by atoms with Gasteiger partial charge in [0.15, 0.2) is 5.16 Å². The van der Waals surface area contributed by atoms with E-state index in [1.165, 1.54) is 0 Å². The van der Waals surface area contributed by atoms with E-state index in [1.807, 2.05) is 24.3 Å². The summed E-state index contributed by atoms with van der Waals surface area (Å²) in [6.07, 6.45) is 0. The van der Waals surface area contributed by atoms with Crippen LogP contribution >= 0.6 is 23.1 Å². The Morgan fingerprint density at radius 2 is 2.05 bits per heavy atom. The van der Waals surface area contributed by atoms with Gasteiger partial charge in [0, 0.05) is 11.9 Å². The van der Waals surface area contributed by atoms with Gasteiger partial charge in [-0.25, -0.2) is 4.98 Å². The Balaban J connectivity index is 2.21. The van der Waals surface area contributed by atoms with Crippen LogP contribution in [-0.2, 0) is 7.05 Å². The predicted molar refractivity (Wildman–Crippen MR) is 86.7 cm³/mol. The maximum Gasteiger partial charge on any atom is 0.262 e. The number of hydrogen-bond donors (Lipinski definition) is 0. The molecule has 0 aliphatic rings. The molecule has 3 nitrogen and oxygen atoms in total. The first-order valence-corrected chi connectivity index (χ1v) is 8.19. The first-order valence-electron chi connectivity index (χ1n) is 6.39. The first-order chi connectivity index (χ1) is 9.70. The minimum atomic E-state index is 0.0318. The molecule has 0 aliphatic carbocycles. The van der Waals surface area contributed by atoms with E-state index in [1.54, 1.807) is 34.7 Å². The molecule has 2 aromatic heterocycles. The van der Waals surface area contributed by atoms with Crippen LogP contribution in [-0.4, -0.2) is 15.3 Å². The van der Waals surface area contributed by atoms with E-state index in [-0.39, 0.29) is 5.56 Å². The van der Waals surface area contributed by atoms with Crippen LogP contribution in [0.5, 0.6) is 0 Å². The molecule has 102 valence electrons. The zero-order chi connectivity index (χ0) is 14.1. The van der Waals surface area contributed by atoms with E-state index < -0.39 is 0 Å². The monoisotopic (exact) mass is 302 g/mol. The second-order valence-electron chi connectivity index (χ2n) is 4.39. The smallest absolute Gasteiger partial charge is 0.262 e. The van der Waals surface area contributed by atoms with Crippen LogP contribution in [0.25, 0.3) is 20.7 Å². The molecule has 3 rings (SSSR count). The van der Waals surface area contributed by atoms with E-state index in [0.29, 0.717) is 5.39 Å². The topological polar surface area (TPSA) is 34.9 Å². The molecule has 0 atom stereocenters. The summed E-state index contributed by atoms with van der Waals surface area (Å²) < 4.78 is 1.64. The zero-order valence-corrected chi connectivity index (χ0v) is 12.9. The van der Waals surface area contributed by atoms with Gasteiger partial charge < -0.3 is 0 Å².